The Bertz CT molecular complexity index is 1570. The van der Waals surface area contributed by atoms with Gasteiger partial charge in [0.05, 0.1) is 11.4 Å². The highest BCUT2D eigenvalue weighted by Crippen LogP contribution is 2.31. The van der Waals surface area contributed by atoms with Crippen molar-refractivity contribution in [2.45, 2.75) is 24.8 Å². The number of ether oxygens (including phenoxy) is 1. The maximum absolute atomic E-state index is 15.2. The van der Waals surface area contributed by atoms with Crippen LogP contribution in [0.5, 0.6) is 5.75 Å². The van der Waals surface area contributed by atoms with Gasteiger partial charge in [-0.1, -0.05) is 25.1 Å². The zero-order valence-corrected chi connectivity index (χ0v) is 21.5. The van der Waals surface area contributed by atoms with Gasteiger partial charge in [-0.05, 0) is 69.3 Å². The maximum Gasteiger partial charge on any atom is 0.254 e. The van der Waals surface area contributed by atoms with E-state index in [-0.39, 0.29) is 21.9 Å². The van der Waals surface area contributed by atoms with Crippen LogP contribution in [0.15, 0.2) is 72.1 Å². The topological polar surface area (TPSA) is 77.3 Å². The molecule has 5 rings (SSSR count). The number of hydrogen-bond acceptors (Lipinski definition) is 5. The fraction of sp³-hybridized carbons (Fsp3) is 0.214. The molecule has 0 saturated heterocycles. The second-order valence-electron chi connectivity index (χ2n) is 9.08. The average molecular weight is 519 g/mol. The minimum absolute atomic E-state index is 0.0467. The molecule has 2 heterocycles. The molecule has 0 saturated carbocycles. The highest BCUT2D eigenvalue weighted by Gasteiger charge is 2.26. The lowest BCUT2D eigenvalue weighted by Gasteiger charge is -2.22. The Kier molecular flexibility index (Phi) is 6.55. The van der Waals surface area contributed by atoms with Crippen LogP contribution in [0, 0.1) is 5.82 Å². The fourth-order valence-corrected chi connectivity index (χ4v) is 5.42. The summed E-state index contributed by atoms with van der Waals surface area (Å²) in [6.45, 7) is 2.80. The van der Waals surface area contributed by atoms with E-state index in [1.54, 1.807) is 30.5 Å². The van der Waals surface area contributed by atoms with E-state index in [1.807, 2.05) is 47.0 Å². The van der Waals surface area contributed by atoms with E-state index < -0.39 is 15.3 Å². The first-order chi connectivity index (χ1) is 17.8. The van der Waals surface area contributed by atoms with Gasteiger partial charge in [-0.15, -0.1) is 10.2 Å². The molecule has 0 bridgehead atoms. The fourth-order valence-electron chi connectivity index (χ4n) is 4.56. The van der Waals surface area contributed by atoms with E-state index in [9.17, 15) is 9.00 Å². The highest BCUT2D eigenvalue weighted by atomic mass is 32.2. The Labute approximate surface area is 215 Å². The van der Waals surface area contributed by atoms with Crippen molar-refractivity contribution in [1.29, 1.82) is 0 Å². The molecule has 0 fully saturated rings. The van der Waals surface area contributed by atoms with Crippen LogP contribution in [0.1, 0.15) is 28.4 Å². The van der Waals surface area contributed by atoms with E-state index in [0.717, 1.165) is 28.1 Å². The first-order valence-electron chi connectivity index (χ1n) is 11.9. The predicted molar refractivity (Wildman–Crippen MR) is 142 cm³/mol. The molecular weight excluding hydrogens is 491 g/mol. The molecule has 37 heavy (non-hydrogen) atoms. The molecule has 1 atom stereocenters. The van der Waals surface area contributed by atoms with Crippen LogP contribution in [0.25, 0.3) is 16.8 Å². The van der Waals surface area contributed by atoms with Gasteiger partial charge in [0.1, 0.15) is 30.8 Å². The minimum Gasteiger partial charge on any atom is -0.491 e. The first-order valence-corrected chi connectivity index (χ1v) is 14.0. The summed E-state index contributed by atoms with van der Waals surface area (Å²) in [6, 6.07) is 16.9. The summed E-state index contributed by atoms with van der Waals surface area (Å²) >= 11 is 0. The predicted octanol–water partition coefficient (Wildman–Crippen LogP) is 4.38. The molecule has 9 heteroatoms. The molecule has 1 aliphatic heterocycles. The average Bonchev–Trinajstić information content (AvgIpc) is 3.34. The highest BCUT2D eigenvalue weighted by molar-refractivity contribution is 7.99. The molecular formula is C28H27FN4O3S. The summed E-state index contributed by atoms with van der Waals surface area (Å²) in [6.07, 6.45) is 4.98. The number of hydrogen-bond donors (Lipinski definition) is 0. The summed E-state index contributed by atoms with van der Waals surface area (Å²) in [5.74, 6) is 3.43. The Morgan fingerprint density at radius 2 is 1.78 bits per heavy atom. The number of nitrogens with zero attached hydrogens (tertiary/aromatic N) is 4. The summed E-state index contributed by atoms with van der Waals surface area (Å²) in [5, 5.41) is 7.68. The standard InChI is InChI=1S/C28H27FN4O3S/c1-4-23-24(10-12-26(27(23)29)37(2,3)35)28(34)32-13-14-36-25-11-7-20(15-21(25)16-32)19-5-8-22(9-6-19)33-17-30-31-18-33/h5-12,15,17-18H,2,4,13-14,16H2,1,3H3. The lowest BCUT2D eigenvalue weighted by molar-refractivity contribution is 0.0731. The number of carbonyl (C=O) groups is 1. The second-order valence-corrected chi connectivity index (χ2v) is 11.5. The number of fused-ring (bicyclic) bond motifs is 1. The molecule has 0 N–H and O–H groups in total. The monoisotopic (exact) mass is 518 g/mol. The molecule has 0 aliphatic carbocycles. The SMILES string of the molecule is C=S(C)(=O)c1ccc(C(=O)N2CCOc3ccc(-c4ccc(-n5cnnc5)cc4)cc3C2)c(CC)c1F. The molecule has 190 valence electrons. The zero-order chi connectivity index (χ0) is 26.2. The molecule has 1 aromatic heterocycles. The molecule has 0 radical (unpaired) electrons. The van der Waals surface area contributed by atoms with Gasteiger partial charge in [0.25, 0.3) is 5.91 Å². The normalized spacial score (nSPS) is 14.8. The van der Waals surface area contributed by atoms with Crippen LogP contribution in [0.3, 0.4) is 0 Å². The van der Waals surface area contributed by atoms with Crippen LogP contribution in [0.2, 0.25) is 0 Å². The summed E-state index contributed by atoms with van der Waals surface area (Å²) < 4.78 is 35.4. The van der Waals surface area contributed by atoms with Crippen LogP contribution in [0.4, 0.5) is 4.39 Å². The molecule has 7 nitrogen and oxygen atoms in total. The summed E-state index contributed by atoms with van der Waals surface area (Å²) in [7, 11) is -2.75. The Hall–Kier alpha value is -3.98. The van der Waals surface area contributed by atoms with Crippen molar-refractivity contribution in [2.75, 3.05) is 19.4 Å². The van der Waals surface area contributed by atoms with E-state index >= 15 is 4.39 Å². The van der Waals surface area contributed by atoms with Crippen molar-refractivity contribution >= 4 is 21.3 Å². The van der Waals surface area contributed by atoms with E-state index in [1.165, 1.54) is 12.3 Å². The third-order valence-corrected chi connectivity index (χ3v) is 7.75. The first kappa shape index (κ1) is 24.7. The number of halogens is 1. The summed E-state index contributed by atoms with van der Waals surface area (Å²) in [4.78, 5) is 15.3. The van der Waals surface area contributed by atoms with Gasteiger partial charge in [0, 0.05) is 35.2 Å². The molecule has 4 aromatic rings. The summed E-state index contributed by atoms with van der Waals surface area (Å²) in [5.41, 5.74) is 4.36. The van der Waals surface area contributed by atoms with Gasteiger partial charge < -0.3 is 9.64 Å². The quantitative estimate of drug-likeness (QED) is 0.367. The number of amides is 1. The van der Waals surface area contributed by atoms with E-state index in [4.69, 9.17) is 4.74 Å². The minimum atomic E-state index is -2.75. The van der Waals surface area contributed by atoms with Crippen molar-refractivity contribution in [3.8, 4) is 22.6 Å². The van der Waals surface area contributed by atoms with Gasteiger partial charge in [0.15, 0.2) is 0 Å². The van der Waals surface area contributed by atoms with Crippen LogP contribution >= 0.6 is 0 Å². The lowest BCUT2D eigenvalue weighted by atomic mass is 10.0. The zero-order valence-electron chi connectivity index (χ0n) is 20.7. The van der Waals surface area contributed by atoms with Crippen LogP contribution < -0.4 is 4.74 Å². The smallest absolute Gasteiger partial charge is 0.254 e. The third kappa shape index (κ3) is 4.86. The molecule has 1 unspecified atom stereocenters. The van der Waals surface area contributed by atoms with E-state index in [0.29, 0.717) is 26.1 Å². The molecule has 3 aromatic carbocycles. The largest absolute Gasteiger partial charge is 0.491 e. The van der Waals surface area contributed by atoms with Gasteiger partial charge in [-0.2, -0.15) is 0 Å². The Balaban J connectivity index is 1.44. The second kappa shape index (κ2) is 9.82. The number of carbonyl (C=O) groups excluding carboxylic acids is 1. The van der Waals surface area contributed by atoms with Crippen molar-refractivity contribution in [3.05, 3.63) is 89.8 Å². The van der Waals surface area contributed by atoms with Gasteiger partial charge in [-0.25, -0.2) is 4.39 Å². The number of benzene rings is 3. The van der Waals surface area contributed by atoms with Crippen molar-refractivity contribution < 1.29 is 18.1 Å². The molecule has 1 aliphatic rings. The third-order valence-electron chi connectivity index (χ3n) is 6.50. The number of rotatable bonds is 5. The van der Waals surface area contributed by atoms with Gasteiger partial charge in [0.2, 0.25) is 0 Å². The molecule has 1 amide bonds. The van der Waals surface area contributed by atoms with Gasteiger partial charge in [-0.3, -0.25) is 13.6 Å². The molecule has 0 spiro atoms. The van der Waals surface area contributed by atoms with E-state index in [2.05, 4.69) is 16.1 Å². The number of aromatic nitrogens is 3. The lowest BCUT2D eigenvalue weighted by Crippen LogP contribution is -2.33. The van der Waals surface area contributed by atoms with Crippen LogP contribution in [-0.4, -0.2) is 55.1 Å². The van der Waals surface area contributed by atoms with Crippen LogP contribution in [-0.2, 0) is 22.5 Å². The van der Waals surface area contributed by atoms with Crippen molar-refractivity contribution in [2.24, 2.45) is 0 Å². The van der Waals surface area contributed by atoms with Crippen molar-refractivity contribution in [1.82, 2.24) is 19.7 Å². The maximum atomic E-state index is 15.2. The Morgan fingerprint density at radius 3 is 2.46 bits per heavy atom. The van der Waals surface area contributed by atoms with Gasteiger partial charge >= 0.3 is 0 Å². The Morgan fingerprint density at radius 1 is 1.08 bits per heavy atom. The van der Waals surface area contributed by atoms with Crippen molar-refractivity contribution in [3.63, 3.8) is 0 Å².